The molecule has 0 spiro atoms. The molecule has 3 rings (SSSR count). The third-order valence-corrected chi connectivity index (χ3v) is 20.4. The van der Waals surface area contributed by atoms with Gasteiger partial charge in [-0.25, -0.2) is 0 Å². The van der Waals surface area contributed by atoms with Crippen LogP contribution in [-0.4, -0.2) is 193 Å². The molecule has 1 amide bonds. The van der Waals surface area contributed by atoms with Crippen LogP contribution < -0.4 is 5.32 Å². The lowest BCUT2D eigenvalue weighted by Crippen LogP contribution is -2.66. The molecule has 3 saturated heterocycles. The largest absolute Gasteiger partial charge is 0.394 e. The monoisotopic (exact) mass is 1540 g/mol. The Hall–Kier alpha value is -4.07. The number of carbonyl (C=O) groups is 1. The zero-order chi connectivity index (χ0) is 78.8. The summed E-state index contributed by atoms with van der Waals surface area (Å²) in [5, 5.41) is 121. The Labute approximate surface area is 658 Å². The summed E-state index contributed by atoms with van der Waals surface area (Å²) in [5.74, 6) is -0.292. The maximum Gasteiger partial charge on any atom is 0.220 e. The SMILES string of the molecule is CC/C=C\C/C=C\C/C=C\C/C=C\C/C=C\C/C=C\C/C=C\C/C=C\CCCCCCCCCCCCCCCCC(=O)NC(COC1OC(CO)C(OC2OC(CO)C(OC3OC(CO)C(O)C(O)C3O)C(O)C2O)C(O)C1O)C(O)/C=C/CC/C=C/CC/C=C/CCCCCCCCCCCCCCCCC. The van der Waals surface area contributed by atoms with Crippen LogP contribution >= 0.6 is 0 Å². The van der Waals surface area contributed by atoms with E-state index in [1.807, 2.05) is 6.08 Å². The van der Waals surface area contributed by atoms with Gasteiger partial charge in [0.05, 0.1) is 38.6 Å². The first-order valence-corrected chi connectivity index (χ1v) is 42.9. The van der Waals surface area contributed by atoms with Crippen molar-refractivity contribution in [3.8, 4) is 0 Å². The van der Waals surface area contributed by atoms with Crippen molar-refractivity contribution in [1.82, 2.24) is 5.32 Å². The van der Waals surface area contributed by atoms with Crippen LogP contribution in [0.15, 0.2) is 134 Å². The molecule has 0 aromatic rings. The van der Waals surface area contributed by atoms with E-state index >= 15 is 0 Å². The summed E-state index contributed by atoms with van der Waals surface area (Å²) in [6.07, 6.45) is 71.6. The minimum Gasteiger partial charge on any atom is -0.394 e. The Morgan fingerprint density at radius 3 is 1.03 bits per heavy atom. The number of hydrogen-bond donors (Lipinski definition) is 12. The van der Waals surface area contributed by atoms with Crippen LogP contribution in [-0.2, 0) is 33.2 Å². The highest BCUT2D eigenvalue weighted by molar-refractivity contribution is 5.76. The van der Waals surface area contributed by atoms with Gasteiger partial charge in [0.15, 0.2) is 18.9 Å². The summed E-state index contributed by atoms with van der Waals surface area (Å²) in [5.41, 5.74) is 0. The van der Waals surface area contributed by atoms with Gasteiger partial charge < -0.3 is 89.9 Å². The van der Waals surface area contributed by atoms with E-state index in [-0.39, 0.29) is 18.9 Å². The number of aliphatic hydroxyl groups is 11. The van der Waals surface area contributed by atoms with E-state index in [1.54, 1.807) is 6.08 Å². The van der Waals surface area contributed by atoms with Crippen molar-refractivity contribution in [2.75, 3.05) is 26.4 Å². The molecular formula is C90H153NO18. The van der Waals surface area contributed by atoms with E-state index in [1.165, 1.54) is 154 Å². The van der Waals surface area contributed by atoms with Gasteiger partial charge in [-0.2, -0.15) is 0 Å². The average molecular weight is 1540 g/mol. The molecule has 0 aromatic heterocycles. The molecule has 3 fully saturated rings. The van der Waals surface area contributed by atoms with Crippen molar-refractivity contribution in [2.24, 2.45) is 0 Å². The highest BCUT2D eigenvalue weighted by Crippen LogP contribution is 2.33. The number of hydrogen-bond acceptors (Lipinski definition) is 18. The predicted molar refractivity (Wildman–Crippen MR) is 438 cm³/mol. The molecule has 0 radical (unpaired) electrons. The molecule has 19 nitrogen and oxygen atoms in total. The molecule has 0 aromatic carbocycles. The van der Waals surface area contributed by atoms with Gasteiger partial charge in [-0.15, -0.1) is 0 Å². The molecule has 626 valence electrons. The smallest absolute Gasteiger partial charge is 0.220 e. The number of amides is 1. The molecule has 3 aliphatic heterocycles. The number of allylic oxidation sites excluding steroid dienone is 21. The van der Waals surface area contributed by atoms with Crippen LogP contribution in [0, 0.1) is 0 Å². The maximum atomic E-state index is 13.5. The first-order chi connectivity index (χ1) is 53.3. The van der Waals surface area contributed by atoms with Gasteiger partial charge in [0.2, 0.25) is 5.91 Å². The minimum absolute atomic E-state index is 0.224. The molecular weight excluding hydrogens is 1380 g/mol. The average Bonchev–Trinajstić information content (AvgIpc) is 0.759. The Morgan fingerprint density at radius 1 is 0.339 bits per heavy atom. The van der Waals surface area contributed by atoms with Gasteiger partial charge in [0.1, 0.15) is 73.2 Å². The fourth-order valence-corrected chi connectivity index (χ4v) is 13.6. The number of unbranched alkanes of at least 4 members (excludes halogenated alkanes) is 31. The summed E-state index contributed by atoms with van der Waals surface area (Å²) in [6, 6.07) is -1.01. The first-order valence-electron chi connectivity index (χ1n) is 42.9. The molecule has 3 heterocycles. The highest BCUT2D eigenvalue weighted by atomic mass is 16.8. The Balaban J connectivity index is 1.35. The van der Waals surface area contributed by atoms with Crippen LogP contribution in [0.4, 0.5) is 0 Å². The number of nitrogens with one attached hydrogen (secondary N) is 1. The Kier molecular flexibility index (Phi) is 62.2. The van der Waals surface area contributed by atoms with Crippen molar-refractivity contribution in [1.29, 1.82) is 0 Å². The lowest BCUT2D eigenvalue weighted by Gasteiger charge is -2.48. The van der Waals surface area contributed by atoms with Crippen LogP contribution in [0.2, 0.25) is 0 Å². The second-order valence-corrected chi connectivity index (χ2v) is 29.9. The van der Waals surface area contributed by atoms with Crippen molar-refractivity contribution < 1.29 is 89.4 Å². The molecule has 0 saturated carbocycles. The normalized spacial score (nSPS) is 26.0. The molecule has 19 heteroatoms. The van der Waals surface area contributed by atoms with Crippen molar-refractivity contribution in [3.05, 3.63) is 134 Å². The lowest BCUT2D eigenvalue weighted by atomic mass is 9.96. The van der Waals surface area contributed by atoms with Crippen LogP contribution in [0.1, 0.15) is 296 Å². The number of aliphatic hydroxyl groups excluding tert-OH is 11. The van der Waals surface area contributed by atoms with Crippen molar-refractivity contribution >= 4 is 5.91 Å². The van der Waals surface area contributed by atoms with E-state index in [0.29, 0.717) is 12.8 Å². The molecule has 17 unspecified atom stereocenters. The number of ether oxygens (including phenoxy) is 6. The van der Waals surface area contributed by atoms with Crippen LogP contribution in [0.25, 0.3) is 0 Å². The van der Waals surface area contributed by atoms with Crippen LogP contribution in [0.3, 0.4) is 0 Å². The van der Waals surface area contributed by atoms with Gasteiger partial charge in [-0.1, -0.05) is 314 Å². The molecule has 109 heavy (non-hydrogen) atoms. The van der Waals surface area contributed by atoms with Gasteiger partial charge in [-0.05, 0) is 109 Å². The van der Waals surface area contributed by atoms with Gasteiger partial charge in [0, 0.05) is 6.42 Å². The minimum atomic E-state index is -1.99. The topological polar surface area (TPSA) is 307 Å². The van der Waals surface area contributed by atoms with Gasteiger partial charge >= 0.3 is 0 Å². The Morgan fingerprint density at radius 2 is 0.642 bits per heavy atom. The second kappa shape index (κ2) is 68.3. The predicted octanol–water partition coefficient (Wildman–Crippen LogP) is 15.6. The van der Waals surface area contributed by atoms with Crippen molar-refractivity contribution in [3.63, 3.8) is 0 Å². The van der Waals surface area contributed by atoms with Gasteiger partial charge in [-0.3, -0.25) is 4.79 Å². The molecule has 3 aliphatic rings. The van der Waals surface area contributed by atoms with E-state index in [4.69, 9.17) is 28.4 Å². The number of rotatable bonds is 67. The molecule has 0 aliphatic carbocycles. The van der Waals surface area contributed by atoms with E-state index in [9.17, 15) is 61.0 Å². The summed E-state index contributed by atoms with van der Waals surface area (Å²) >= 11 is 0. The highest BCUT2D eigenvalue weighted by Gasteiger charge is 2.54. The van der Waals surface area contributed by atoms with Crippen molar-refractivity contribution in [2.45, 2.75) is 401 Å². The third-order valence-electron chi connectivity index (χ3n) is 20.4. The van der Waals surface area contributed by atoms with Gasteiger partial charge in [0.25, 0.3) is 0 Å². The summed E-state index contributed by atoms with van der Waals surface area (Å²) in [6.45, 7) is 1.61. The Bertz CT molecular complexity index is 2490. The van der Waals surface area contributed by atoms with E-state index < -0.39 is 124 Å². The zero-order valence-corrected chi connectivity index (χ0v) is 67.2. The fraction of sp³-hybridized carbons (Fsp3) is 0.744. The third kappa shape index (κ3) is 47.4. The van der Waals surface area contributed by atoms with E-state index in [0.717, 1.165) is 109 Å². The standard InChI is InChI=1S/C90H153NO18/c1-3-5-7-9-11-13-15-17-19-21-23-25-27-29-30-31-32-33-34-35-36-37-38-39-40-41-42-44-46-48-50-52-54-56-58-60-62-64-66-68-78(96)91-73(74(95)67-65-63-61-59-57-55-53-51-49-47-45-43-28-26-24-22-20-18-16-14-12-10-8-6-4-2)72-104-88-84(102)81(99)86(76(70-93)106-88)109-90-85(103)82(100)87(77(71-94)107-90)108-89-83(101)80(98)79(97)75(69-92)105-89/h5,7,11,13,17,19,23,25,29-30,32-33,35-36,38-39,49,51,57,59,65,67,73-77,79-90,92-95,97-103H,3-4,6,8-10,12,14-16,18,20-22,24,26-28,31,34,37,40-48,50,52-56,58,60-64,66,68-72H2,1-2H3,(H,91,96)/b7-5-,13-11-,19-17-,25-23-,30-29-,33-32-,36-35-,39-38-,51-49+,59-57+,67-65+. The molecule has 0 bridgehead atoms. The zero-order valence-electron chi connectivity index (χ0n) is 67.2. The summed E-state index contributed by atoms with van der Waals surface area (Å²) in [7, 11) is 0. The molecule has 17 atom stereocenters. The van der Waals surface area contributed by atoms with E-state index in [2.05, 4.69) is 141 Å². The quantitative estimate of drug-likeness (QED) is 0.0199. The number of carbonyl (C=O) groups excluding carboxylic acids is 1. The molecule has 12 N–H and O–H groups in total. The van der Waals surface area contributed by atoms with Crippen LogP contribution in [0.5, 0.6) is 0 Å². The maximum absolute atomic E-state index is 13.5. The second-order valence-electron chi connectivity index (χ2n) is 29.9. The summed E-state index contributed by atoms with van der Waals surface area (Å²) < 4.78 is 34.5. The first kappa shape index (κ1) is 99.1. The lowest BCUT2D eigenvalue weighted by molar-refractivity contribution is -0.379. The summed E-state index contributed by atoms with van der Waals surface area (Å²) in [4.78, 5) is 13.5. The fourth-order valence-electron chi connectivity index (χ4n) is 13.6.